The number of hydrogen-bond donors (Lipinski definition) is 2. The molecule has 2 saturated heterocycles. The van der Waals surface area contributed by atoms with E-state index < -0.39 is 0 Å². The van der Waals surface area contributed by atoms with Gasteiger partial charge in [0.1, 0.15) is 5.65 Å². The minimum Gasteiger partial charge on any atom is -0.328 e. The zero-order valence-corrected chi connectivity index (χ0v) is 13.0. The van der Waals surface area contributed by atoms with Crippen molar-refractivity contribution in [3.8, 4) is 0 Å². The molecule has 2 aromatic rings. The van der Waals surface area contributed by atoms with Crippen molar-refractivity contribution in [2.75, 3.05) is 24.5 Å². The Balaban J connectivity index is 1.72. The van der Waals surface area contributed by atoms with Gasteiger partial charge in [-0.15, -0.1) is 0 Å². The fraction of sp³-hybridized carbons (Fsp3) is 0.438. The summed E-state index contributed by atoms with van der Waals surface area (Å²) in [5, 5.41) is 6.78. The molecule has 7 heteroatoms. The fourth-order valence-corrected chi connectivity index (χ4v) is 3.40. The lowest BCUT2D eigenvalue weighted by Gasteiger charge is -2.26. The van der Waals surface area contributed by atoms with E-state index in [1.165, 1.54) is 0 Å². The van der Waals surface area contributed by atoms with Crippen molar-refractivity contribution in [2.24, 2.45) is 0 Å². The molecule has 23 heavy (non-hydrogen) atoms. The number of rotatable bonds is 2. The van der Waals surface area contributed by atoms with E-state index in [1.54, 1.807) is 11.1 Å². The predicted molar refractivity (Wildman–Crippen MR) is 86.5 cm³/mol. The van der Waals surface area contributed by atoms with Crippen LogP contribution in [0.25, 0.3) is 11.0 Å². The summed E-state index contributed by atoms with van der Waals surface area (Å²) in [5.41, 5.74) is 2.83. The van der Waals surface area contributed by atoms with Crippen LogP contribution >= 0.6 is 0 Å². The average molecular weight is 313 g/mol. The molecule has 0 saturated carbocycles. The first-order valence-electron chi connectivity index (χ1n) is 7.93. The van der Waals surface area contributed by atoms with Crippen LogP contribution in [0.3, 0.4) is 0 Å². The summed E-state index contributed by atoms with van der Waals surface area (Å²) in [6, 6.07) is 2.05. The molecule has 0 aromatic carbocycles. The van der Waals surface area contributed by atoms with Gasteiger partial charge in [-0.05, 0) is 31.5 Å². The molecule has 0 aliphatic carbocycles. The summed E-state index contributed by atoms with van der Waals surface area (Å²) in [5.74, 6) is -0.226. The van der Waals surface area contributed by atoms with Crippen LogP contribution in [0.5, 0.6) is 0 Å². The van der Waals surface area contributed by atoms with Crippen molar-refractivity contribution in [1.82, 2.24) is 20.2 Å². The zero-order valence-electron chi connectivity index (χ0n) is 13.0. The zero-order chi connectivity index (χ0) is 16.0. The molecule has 4 rings (SSSR count). The highest BCUT2D eigenvalue weighted by molar-refractivity contribution is 6.06. The Labute approximate surface area is 133 Å². The lowest BCUT2D eigenvalue weighted by Crippen LogP contribution is -2.49. The van der Waals surface area contributed by atoms with E-state index in [1.807, 2.05) is 6.07 Å². The second kappa shape index (κ2) is 5.34. The standard InChI is InChI=1S/C16H19N5O2/c1-10-9-21(11-2-4-17-7-11)15-13(10)6-12(8-18-15)20-5-3-14(22)19-16(20)23/h6,8-9,11,17H,2-5,7H2,1H3,(H,19,22,23)/t11-/m1/s1. The van der Waals surface area contributed by atoms with Crippen molar-refractivity contribution in [3.05, 3.63) is 24.0 Å². The number of carbonyl (C=O) groups is 2. The maximum Gasteiger partial charge on any atom is 0.328 e. The largest absolute Gasteiger partial charge is 0.328 e. The van der Waals surface area contributed by atoms with E-state index in [-0.39, 0.29) is 11.9 Å². The Kier molecular flexibility index (Phi) is 3.30. The number of aromatic nitrogens is 2. The number of amides is 3. The normalized spacial score (nSPS) is 22.0. The molecule has 3 amide bonds. The first-order valence-corrected chi connectivity index (χ1v) is 7.93. The Morgan fingerprint density at radius 2 is 2.22 bits per heavy atom. The number of imide groups is 1. The molecule has 4 heterocycles. The van der Waals surface area contributed by atoms with Crippen molar-refractivity contribution in [1.29, 1.82) is 0 Å². The lowest BCUT2D eigenvalue weighted by atomic mass is 10.2. The molecule has 120 valence electrons. The van der Waals surface area contributed by atoms with E-state index in [4.69, 9.17) is 0 Å². The number of anilines is 1. The minimum absolute atomic E-state index is 0.226. The summed E-state index contributed by atoms with van der Waals surface area (Å²) in [6.45, 7) is 4.45. The van der Waals surface area contributed by atoms with Gasteiger partial charge in [0.15, 0.2) is 0 Å². The number of carbonyl (C=O) groups excluding carboxylic acids is 2. The molecule has 0 spiro atoms. The second-order valence-corrected chi connectivity index (χ2v) is 6.19. The molecule has 2 aliphatic rings. The number of nitrogens with zero attached hydrogens (tertiary/aromatic N) is 3. The number of urea groups is 1. The van der Waals surface area contributed by atoms with Crippen molar-refractivity contribution in [2.45, 2.75) is 25.8 Å². The molecule has 0 bridgehead atoms. The third-order valence-corrected chi connectivity index (χ3v) is 4.65. The van der Waals surface area contributed by atoms with Crippen molar-refractivity contribution < 1.29 is 9.59 Å². The number of hydrogen-bond acceptors (Lipinski definition) is 4. The van der Waals surface area contributed by atoms with Crippen LogP contribution < -0.4 is 15.5 Å². The van der Waals surface area contributed by atoms with Gasteiger partial charge >= 0.3 is 6.03 Å². The van der Waals surface area contributed by atoms with Crippen LogP contribution in [-0.2, 0) is 4.79 Å². The van der Waals surface area contributed by atoms with Crippen LogP contribution in [0.4, 0.5) is 10.5 Å². The number of aryl methyl sites for hydroxylation is 1. The SMILES string of the molecule is Cc1cn([C@@H]2CCNC2)c2ncc(N3CCC(=O)NC3=O)cc12. The Hall–Kier alpha value is -2.41. The second-order valence-electron chi connectivity index (χ2n) is 6.19. The van der Waals surface area contributed by atoms with Crippen molar-refractivity contribution >= 4 is 28.7 Å². The maximum atomic E-state index is 12.0. The summed E-state index contributed by atoms with van der Waals surface area (Å²) in [7, 11) is 0. The van der Waals surface area contributed by atoms with Crippen LogP contribution in [0.15, 0.2) is 18.5 Å². The first kappa shape index (κ1) is 14.2. The molecule has 0 unspecified atom stereocenters. The van der Waals surface area contributed by atoms with E-state index in [9.17, 15) is 9.59 Å². The molecule has 0 radical (unpaired) electrons. The quantitative estimate of drug-likeness (QED) is 0.876. The monoisotopic (exact) mass is 313 g/mol. The Morgan fingerprint density at radius 1 is 1.35 bits per heavy atom. The average Bonchev–Trinajstić information content (AvgIpc) is 3.15. The summed E-state index contributed by atoms with van der Waals surface area (Å²) >= 11 is 0. The van der Waals surface area contributed by atoms with Crippen LogP contribution in [0.1, 0.15) is 24.4 Å². The number of fused-ring (bicyclic) bond motifs is 1. The first-order chi connectivity index (χ1) is 11.1. The molecule has 2 N–H and O–H groups in total. The Bertz CT molecular complexity index is 791. The fourth-order valence-electron chi connectivity index (χ4n) is 3.40. The maximum absolute atomic E-state index is 12.0. The van der Waals surface area contributed by atoms with Gasteiger partial charge in [-0.25, -0.2) is 9.78 Å². The summed E-state index contributed by atoms with van der Waals surface area (Å²) in [4.78, 5) is 29.5. The van der Waals surface area contributed by atoms with Gasteiger partial charge < -0.3 is 9.88 Å². The topological polar surface area (TPSA) is 79.3 Å². The number of pyridine rings is 1. The highest BCUT2D eigenvalue weighted by Gasteiger charge is 2.26. The van der Waals surface area contributed by atoms with Gasteiger partial charge in [0.05, 0.1) is 11.9 Å². The smallest absolute Gasteiger partial charge is 0.328 e. The van der Waals surface area contributed by atoms with Gasteiger partial charge in [-0.1, -0.05) is 0 Å². The minimum atomic E-state index is -0.375. The third kappa shape index (κ3) is 2.37. The van der Waals surface area contributed by atoms with Gasteiger partial charge in [0.2, 0.25) is 5.91 Å². The van der Waals surface area contributed by atoms with Crippen LogP contribution in [0, 0.1) is 6.92 Å². The number of nitrogens with one attached hydrogen (secondary N) is 2. The van der Waals surface area contributed by atoms with Gasteiger partial charge in [0.25, 0.3) is 0 Å². The van der Waals surface area contributed by atoms with Crippen LogP contribution in [0.2, 0.25) is 0 Å². The van der Waals surface area contributed by atoms with E-state index in [0.29, 0.717) is 19.0 Å². The van der Waals surface area contributed by atoms with E-state index in [2.05, 4.69) is 33.3 Å². The van der Waals surface area contributed by atoms with E-state index in [0.717, 1.165) is 41.8 Å². The molecule has 2 aliphatic heterocycles. The molecular formula is C16H19N5O2. The summed E-state index contributed by atoms with van der Waals surface area (Å²) < 4.78 is 2.23. The predicted octanol–water partition coefficient (Wildman–Crippen LogP) is 1.33. The summed E-state index contributed by atoms with van der Waals surface area (Å²) in [6.07, 6.45) is 5.27. The molecule has 2 fully saturated rings. The van der Waals surface area contributed by atoms with Gasteiger partial charge in [-0.3, -0.25) is 15.0 Å². The van der Waals surface area contributed by atoms with Gasteiger partial charge in [0, 0.05) is 37.1 Å². The van der Waals surface area contributed by atoms with Gasteiger partial charge in [-0.2, -0.15) is 0 Å². The molecule has 7 nitrogen and oxygen atoms in total. The molecular weight excluding hydrogens is 294 g/mol. The van der Waals surface area contributed by atoms with Crippen molar-refractivity contribution in [3.63, 3.8) is 0 Å². The Morgan fingerprint density at radius 3 is 2.96 bits per heavy atom. The van der Waals surface area contributed by atoms with Crippen LogP contribution in [-0.4, -0.2) is 41.1 Å². The molecule has 1 atom stereocenters. The van der Waals surface area contributed by atoms with E-state index >= 15 is 0 Å². The lowest BCUT2D eigenvalue weighted by molar-refractivity contribution is -0.120. The molecule has 2 aromatic heterocycles. The highest BCUT2D eigenvalue weighted by atomic mass is 16.2. The highest BCUT2D eigenvalue weighted by Crippen LogP contribution is 2.29. The third-order valence-electron chi connectivity index (χ3n) is 4.65.